The van der Waals surface area contributed by atoms with Crippen molar-refractivity contribution in [3.8, 4) is 0 Å². The molecule has 2 fully saturated rings. The minimum Gasteiger partial charge on any atom is -0.379 e. The fourth-order valence-corrected chi connectivity index (χ4v) is 5.71. The molecule has 1 saturated heterocycles. The van der Waals surface area contributed by atoms with Crippen LogP contribution >= 0.6 is 11.3 Å². The van der Waals surface area contributed by atoms with Crippen molar-refractivity contribution in [1.82, 2.24) is 15.1 Å². The molecule has 4 rings (SSSR count). The van der Waals surface area contributed by atoms with Gasteiger partial charge in [-0.25, -0.2) is 0 Å². The lowest BCUT2D eigenvalue weighted by molar-refractivity contribution is -0.123. The molecule has 0 spiro atoms. The number of morpholine rings is 1. The van der Waals surface area contributed by atoms with Crippen molar-refractivity contribution in [2.24, 2.45) is 0 Å². The molecule has 26 heavy (non-hydrogen) atoms. The predicted molar refractivity (Wildman–Crippen MR) is 105 cm³/mol. The summed E-state index contributed by atoms with van der Waals surface area (Å²) in [7, 11) is 0. The number of carbonyl (C=O) groups excluding carboxylic acids is 1. The van der Waals surface area contributed by atoms with Crippen molar-refractivity contribution in [3.05, 3.63) is 21.9 Å². The van der Waals surface area contributed by atoms with Crippen LogP contribution in [0.25, 0.3) is 0 Å². The van der Waals surface area contributed by atoms with E-state index in [1.807, 2.05) is 11.3 Å². The normalized spacial score (nSPS) is 24.2. The van der Waals surface area contributed by atoms with Gasteiger partial charge in [0.1, 0.15) is 0 Å². The molecule has 1 aromatic rings. The largest absolute Gasteiger partial charge is 0.379 e. The molecule has 0 bridgehead atoms. The van der Waals surface area contributed by atoms with Crippen LogP contribution in [0.2, 0.25) is 0 Å². The number of hydrogen-bond acceptors (Lipinski definition) is 5. The number of thiophene rings is 1. The van der Waals surface area contributed by atoms with Crippen LogP contribution in [-0.4, -0.2) is 67.2 Å². The first-order chi connectivity index (χ1) is 12.8. The fourth-order valence-electron chi connectivity index (χ4n) is 4.82. The van der Waals surface area contributed by atoms with Crippen LogP contribution in [0.5, 0.6) is 0 Å². The molecule has 5 nitrogen and oxygen atoms in total. The molecule has 3 heterocycles. The number of amides is 1. The first-order valence-electron chi connectivity index (χ1n) is 10.1. The molecule has 1 aromatic heterocycles. The van der Waals surface area contributed by atoms with Gasteiger partial charge in [-0.05, 0) is 36.3 Å². The van der Waals surface area contributed by atoms with E-state index in [1.54, 1.807) is 0 Å². The lowest BCUT2D eigenvalue weighted by Crippen LogP contribution is -2.60. The van der Waals surface area contributed by atoms with E-state index in [-0.39, 0.29) is 11.4 Å². The number of nitrogens with zero attached hydrogens (tertiary/aromatic N) is 2. The summed E-state index contributed by atoms with van der Waals surface area (Å²) in [6.07, 6.45) is 7.37. The Bertz CT molecular complexity index is 606. The van der Waals surface area contributed by atoms with Gasteiger partial charge in [0.05, 0.1) is 19.8 Å². The van der Waals surface area contributed by atoms with Gasteiger partial charge in [-0.15, -0.1) is 11.3 Å². The van der Waals surface area contributed by atoms with Crippen LogP contribution in [0.3, 0.4) is 0 Å². The van der Waals surface area contributed by atoms with Crippen molar-refractivity contribution >= 4 is 17.2 Å². The molecular weight excluding hydrogens is 346 g/mol. The lowest BCUT2D eigenvalue weighted by Gasteiger charge is -2.48. The van der Waals surface area contributed by atoms with Crippen LogP contribution < -0.4 is 5.32 Å². The average molecular weight is 378 g/mol. The van der Waals surface area contributed by atoms with E-state index >= 15 is 0 Å². The maximum atomic E-state index is 12.6. The standard InChI is InChI=1S/C20H31N3O2S/c24-19(15-22-8-4-18-17(14-22)5-13-26-18)21-16-20(6-2-1-3-7-20)23-9-11-25-12-10-23/h5,13H,1-4,6-12,14-16H2,(H,21,24). The van der Waals surface area contributed by atoms with E-state index in [2.05, 4.69) is 26.6 Å². The third-order valence-electron chi connectivity index (χ3n) is 6.33. The highest BCUT2D eigenvalue weighted by Gasteiger charge is 2.38. The Kier molecular flexibility index (Phi) is 5.93. The molecule has 1 amide bonds. The molecular formula is C20H31N3O2S. The zero-order chi connectivity index (χ0) is 17.8. The summed E-state index contributed by atoms with van der Waals surface area (Å²) in [5, 5.41) is 5.47. The quantitative estimate of drug-likeness (QED) is 0.855. The second-order valence-corrected chi connectivity index (χ2v) is 8.99. The van der Waals surface area contributed by atoms with E-state index in [4.69, 9.17) is 4.74 Å². The summed E-state index contributed by atoms with van der Waals surface area (Å²) >= 11 is 1.85. The Hall–Kier alpha value is -0.950. The third kappa shape index (κ3) is 4.14. The molecule has 6 heteroatoms. The van der Waals surface area contributed by atoms with Crippen molar-refractivity contribution < 1.29 is 9.53 Å². The maximum absolute atomic E-state index is 12.6. The van der Waals surface area contributed by atoms with Crippen LogP contribution in [0.4, 0.5) is 0 Å². The monoisotopic (exact) mass is 377 g/mol. The minimum atomic E-state index is 0.153. The predicted octanol–water partition coefficient (Wildman–Crippen LogP) is 2.26. The number of nitrogens with one attached hydrogen (secondary N) is 1. The Morgan fingerprint density at radius 3 is 2.81 bits per heavy atom. The van der Waals surface area contributed by atoms with E-state index in [1.165, 1.54) is 42.5 Å². The van der Waals surface area contributed by atoms with Gasteiger partial charge in [-0.2, -0.15) is 0 Å². The van der Waals surface area contributed by atoms with Crippen molar-refractivity contribution in [2.75, 3.05) is 45.9 Å². The van der Waals surface area contributed by atoms with Crippen molar-refractivity contribution in [2.45, 2.75) is 50.6 Å². The van der Waals surface area contributed by atoms with E-state index < -0.39 is 0 Å². The molecule has 0 radical (unpaired) electrons. The summed E-state index contributed by atoms with van der Waals surface area (Å²) in [6.45, 7) is 6.89. The Morgan fingerprint density at radius 1 is 1.19 bits per heavy atom. The van der Waals surface area contributed by atoms with Gasteiger partial charge < -0.3 is 10.1 Å². The van der Waals surface area contributed by atoms with Gasteiger partial charge in [0, 0.05) is 43.1 Å². The minimum absolute atomic E-state index is 0.153. The van der Waals surface area contributed by atoms with Crippen LogP contribution in [0, 0.1) is 0 Å². The van der Waals surface area contributed by atoms with E-state index in [9.17, 15) is 4.79 Å². The maximum Gasteiger partial charge on any atom is 0.234 e. The second-order valence-electron chi connectivity index (χ2n) is 7.99. The molecule has 144 valence electrons. The average Bonchev–Trinajstić information content (AvgIpc) is 3.16. The van der Waals surface area contributed by atoms with Gasteiger partial charge in [0.15, 0.2) is 0 Å². The molecule has 1 N–H and O–H groups in total. The van der Waals surface area contributed by atoms with Crippen molar-refractivity contribution in [1.29, 1.82) is 0 Å². The van der Waals surface area contributed by atoms with Gasteiger partial charge >= 0.3 is 0 Å². The summed E-state index contributed by atoms with van der Waals surface area (Å²) in [5.41, 5.74) is 1.56. The first kappa shape index (κ1) is 18.4. The topological polar surface area (TPSA) is 44.8 Å². The number of carbonyl (C=O) groups is 1. The van der Waals surface area contributed by atoms with Crippen LogP contribution in [-0.2, 0) is 22.5 Å². The summed E-state index contributed by atoms with van der Waals surface area (Å²) in [6, 6.07) is 2.21. The first-order valence-corrected chi connectivity index (χ1v) is 11.0. The summed E-state index contributed by atoms with van der Waals surface area (Å²) < 4.78 is 5.55. The van der Waals surface area contributed by atoms with Gasteiger partial charge in [-0.3, -0.25) is 14.6 Å². The third-order valence-corrected chi connectivity index (χ3v) is 7.36. The molecule has 0 unspecified atom stereocenters. The number of hydrogen-bond donors (Lipinski definition) is 1. The number of rotatable bonds is 5. The Balaban J connectivity index is 1.31. The Labute approximate surface area is 160 Å². The molecule has 1 saturated carbocycles. The van der Waals surface area contributed by atoms with Gasteiger partial charge in [-0.1, -0.05) is 19.3 Å². The van der Waals surface area contributed by atoms with E-state index in [0.717, 1.165) is 52.4 Å². The highest BCUT2D eigenvalue weighted by molar-refractivity contribution is 7.10. The second kappa shape index (κ2) is 8.38. The smallest absolute Gasteiger partial charge is 0.234 e. The molecule has 1 aliphatic carbocycles. The van der Waals surface area contributed by atoms with Gasteiger partial charge in [0.25, 0.3) is 0 Å². The molecule has 2 aliphatic heterocycles. The SMILES string of the molecule is O=C(CN1CCc2sccc2C1)NCC1(N2CCOCC2)CCCCC1. The Morgan fingerprint density at radius 2 is 2.00 bits per heavy atom. The van der Waals surface area contributed by atoms with E-state index in [0.29, 0.717) is 6.54 Å². The lowest BCUT2D eigenvalue weighted by atomic mass is 9.79. The zero-order valence-corrected chi connectivity index (χ0v) is 16.5. The number of fused-ring (bicyclic) bond motifs is 1. The van der Waals surface area contributed by atoms with Gasteiger partial charge in [0.2, 0.25) is 5.91 Å². The molecule has 0 atom stereocenters. The molecule has 0 aromatic carbocycles. The fraction of sp³-hybridized carbons (Fsp3) is 0.750. The van der Waals surface area contributed by atoms with Crippen LogP contribution in [0.1, 0.15) is 42.5 Å². The number of ether oxygens (including phenoxy) is 1. The highest BCUT2D eigenvalue weighted by atomic mass is 32.1. The molecule has 3 aliphatic rings. The highest BCUT2D eigenvalue weighted by Crippen LogP contribution is 2.34. The summed E-state index contributed by atoms with van der Waals surface area (Å²) in [5.74, 6) is 0.182. The zero-order valence-electron chi connectivity index (χ0n) is 15.7. The summed E-state index contributed by atoms with van der Waals surface area (Å²) in [4.78, 5) is 19.0. The van der Waals surface area contributed by atoms with Crippen molar-refractivity contribution in [3.63, 3.8) is 0 Å². The van der Waals surface area contributed by atoms with Crippen LogP contribution in [0.15, 0.2) is 11.4 Å².